The lowest BCUT2D eigenvalue weighted by Crippen LogP contribution is -2.40. The van der Waals surface area contributed by atoms with Crippen LogP contribution in [0.5, 0.6) is 5.75 Å². The number of nitrogens with one attached hydrogen (secondary N) is 2. The molecular formula is C27H36F3N3O5S2. The highest BCUT2D eigenvalue weighted by atomic mass is 32.2. The standard InChI is InChI=1S/C27H36F3N3O5S2/c1-26(2,3)33-40(35,36)22-10-9-18(16-21(22)38-27(28,29)30)23-20(15-17-7-5-4-6-8-17)32-25(39-23)24(34)31-19-11-13-37-14-12-19/h9-10,16-17,19,33H,4-8,11-15H2,1-3H3,(H,31,34). The Morgan fingerprint density at radius 1 is 1.10 bits per heavy atom. The van der Waals surface area contributed by atoms with Gasteiger partial charge in [-0.05, 0) is 63.6 Å². The highest BCUT2D eigenvalue weighted by Crippen LogP contribution is 2.39. The van der Waals surface area contributed by atoms with Gasteiger partial charge < -0.3 is 14.8 Å². The summed E-state index contributed by atoms with van der Waals surface area (Å²) in [5.74, 6) is -0.831. The Kier molecular flexibility index (Phi) is 9.48. The highest BCUT2D eigenvalue weighted by Gasteiger charge is 2.36. The van der Waals surface area contributed by atoms with Crippen molar-refractivity contribution in [2.24, 2.45) is 5.92 Å². The normalized spacial score (nSPS) is 18.1. The topological polar surface area (TPSA) is 107 Å². The number of carbonyl (C=O) groups excluding carboxylic acids is 1. The molecule has 2 heterocycles. The molecule has 2 fully saturated rings. The highest BCUT2D eigenvalue weighted by molar-refractivity contribution is 7.89. The van der Waals surface area contributed by atoms with E-state index in [4.69, 9.17) is 4.74 Å². The molecule has 40 heavy (non-hydrogen) atoms. The van der Waals surface area contributed by atoms with E-state index in [1.165, 1.54) is 6.07 Å². The summed E-state index contributed by atoms with van der Waals surface area (Å²) in [4.78, 5) is 17.7. The molecule has 2 aliphatic rings. The van der Waals surface area contributed by atoms with Gasteiger partial charge in [0.05, 0.1) is 10.6 Å². The van der Waals surface area contributed by atoms with E-state index in [9.17, 15) is 26.4 Å². The second-order valence-corrected chi connectivity index (χ2v) is 14.1. The molecule has 1 saturated carbocycles. The molecule has 2 N–H and O–H groups in total. The Bertz CT molecular complexity index is 1290. The van der Waals surface area contributed by atoms with Gasteiger partial charge in [0.25, 0.3) is 5.91 Å². The van der Waals surface area contributed by atoms with Crippen molar-refractivity contribution < 1.29 is 35.9 Å². The summed E-state index contributed by atoms with van der Waals surface area (Å²) < 4.78 is 78.1. The van der Waals surface area contributed by atoms with Gasteiger partial charge >= 0.3 is 6.36 Å². The fourth-order valence-electron chi connectivity index (χ4n) is 5.10. The first-order chi connectivity index (χ1) is 18.7. The summed E-state index contributed by atoms with van der Waals surface area (Å²) in [5.41, 5.74) is 0.00249. The number of hydrogen-bond donors (Lipinski definition) is 2. The van der Waals surface area contributed by atoms with Crippen LogP contribution in [0.1, 0.15) is 81.2 Å². The molecule has 1 aliphatic heterocycles. The number of hydrogen-bond acceptors (Lipinski definition) is 7. The quantitative estimate of drug-likeness (QED) is 0.394. The largest absolute Gasteiger partial charge is 0.573 e. The number of rotatable bonds is 8. The van der Waals surface area contributed by atoms with Gasteiger partial charge in [-0.3, -0.25) is 4.79 Å². The fraction of sp³-hybridized carbons (Fsp3) is 0.630. The third kappa shape index (κ3) is 8.40. The number of sulfonamides is 1. The lowest BCUT2D eigenvalue weighted by Gasteiger charge is -2.22. The first-order valence-corrected chi connectivity index (χ1v) is 15.8. The molecule has 1 aromatic carbocycles. The van der Waals surface area contributed by atoms with Crippen LogP contribution in [0.3, 0.4) is 0 Å². The van der Waals surface area contributed by atoms with E-state index in [-0.39, 0.29) is 17.0 Å². The second kappa shape index (κ2) is 12.3. The van der Waals surface area contributed by atoms with Crippen molar-refractivity contribution in [1.82, 2.24) is 15.0 Å². The van der Waals surface area contributed by atoms with Crippen molar-refractivity contribution >= 4 is 27.3 Å². The summed E-state index contributed by atoms with van der Waals surface area (Å²) in [7, 11) is -4.34. The number of halogens is 3. The number of ether oxygens (including phenoxy) is 2. The zero-order valence-electron chi connectivity index (χ0n) is 22.9. The fourth-order valence-corrected chi connectivity index (χ4v) is 7.62. The average molecular weight is 604 g/mol. The number of amides is 1. The number of nitrogens with zero attached hydrogens (tertiary/aromatic N) is 1. The van der Waals surface area contributed by atoms with E-state index < -0.39 is 32.6 Å². The molecule has 0 atom stereocenters. The molecule has 0 bridgehead atoms. The number of thiazole rings is 1. The van der Waals surface area contributed by atoms with Crippen molar-refractivity contribution in [3.05, 3.63) is 28.9 Å². The number of alkyl halides is 3. The zero-order chi connectivity index (χ0) is 29.1. The van der Waals surface area contributed by atoms with Gasteiger partial charge in [-0.1, -0.05) is 38.2 Å². The molecule has 8 nitrogen and oxygen atoms in total. The Hall–Kier alpha value is -2.22. The number of aromatic nitrogens is 1. The van der Waals surface area contributed by atoms with Gasteiger partial charge in [0.15, 0.2) is 5.01 Å². The number of carbonyl (C=O) groups is 1. The summed E-state index contributed by atoms with van der Waals surface area (Å²) in [5, 5.41) is 3.21. The molecule has 0 radical (unpaired) electrons. The van der Waals surface area contributed by atoms with Crippen LogP contribution in [0.25, 0.3) is 10.4 Å². The van der Waals surface area contributed by atoms with Gasteiger partial charge in [0.1, 0.15) is 10.6 Å². The van der Waals surface area contributed by atoms with Crippen LogP contribution in [-0.4, -0.2) is 50.5 Å². The van der Waals surface area contributed by atoms with Gasteiger partial charge in [-0.25, -0.2) is 18.1 Å². The minimum atomic E-state index is -5.11. The maximum atomic E-state index is 13.4. The van der Waals surface area contributed by atoms with Crippen molar-refractivity contribution in [2.75, 3.05) is 13.2 Å². The first-order valence-electron chi connectivity index (χ1n) is 13.5. The third-order valence-corrected chi connectivity index (χ3v) is 9.76. The van der Waals surface area contributed by atoms with Crippen LogP contribution < -0.4 is 14.8 Å². The number of benzene rings is 1. The Labute approximate surface area is 237 Å². The minimum Gasteiger partial charge on any atom is -0.404 e. The van der Waals surface area contributed by atoms with Gasteiger partial charge in [0, 0.05) is 24.8 Å². The van der Waals surface area contributed by atoms with Crippen molar-refractivity contribution in [3.8, 4) is 16.2 Å². The predicted molar refractivity (Wildman–Crippen MR) is 146 cm³/mol. The van der Waals surface area contributed by atoms with E-state index in [1.807, 2.05) is 0 Å². The predicted octanol–water partition coefficient (Wildman–Crippen LogP) is 5.82. The maximum absolute atomic E-state index is 13.4. The monoisotopic (exact) mass is 603 g/mol. The smallest absolute Gasteiger partial charge is 0.404 e. The Morgan fingerprint density at radius 2 is 1.77 bits per heavy atom. The molecule has 1 saturated heterocycles. The average Bonchev–Trinajstić information content (AvgIpc) is 3.26. The van der Waals surface area contributed by atoms with E-state index in [2.05, 4.69) is 19.8 Å². The second-order valence-electron chi connectivity index (χ2n) is 11.4. The molecule has 1 amide bonds. The van der Waals surface area contributed by atoms with Crippen LogP contribution in [0.4, 0.5) is 13.2 Å². The molecule has 1 aromatic heterocycles. The van der Waals surface area contributed by atoms with Crippen LogP contribution >= 0.6 is 11.3 Å². The molecule has 4 rings (SSSR count). The van der Waals surface area contributed by atoms with Crippen molar-refractivity contribution in [2.45, 2.75) is 95.0 Å². The Balaban J connectivity index is 1.73. The van der Waals surface area contributed by atoms with Crippen LogP contribution in [-0.2, 0) is 21.2 Å². The molecule has 0 spiro atoms. The molecule has 2 aromatic rings. The van der Waals surface area contributed by atoms with E-state index in [0.717, 1.165) is 55.6 Å². The summed E-state index contributed by atoms with van der Waals surface area (Å²) in [6.07, 6.45) is 2.23. The molecular weight excluding hydrogens is 567 g/mol. The van der Waals surface area contributed by atoms with Crippen LogP contribution in [0, 0.1) is 5.92 Å². The molecule has 1 aliphatic carbocycles. The maximum Gasteiger partial charge on any atom is 0.573 e. The van der Waals surface area contributed by atoms with Crippen LogP contribution in [0.2, 0.25) is 0 Å². The molecule has 13 heteroatoms. The van der Waals surface area contributed by atoms with Gasteiger partial charge in [0.2, 0.25) is 10.0 Å². The lowest BCUT2D eigenvalue weighted by atomic mass is 9.85. The summed E-state index contributed by atoms with van der Waals surface area (Å²) >= 11 is 1.09. The molecule has 222 valence electrons. The summed E-state index contributed by atoms with van der Waals surface area (Å²) in [6, 6.07) is 3.58. The van der Waals surface area contributed by atoms with Gasteiger partial charge in [-0.2, -0.15) is 0 Å². The zero-order valence-corrected chi connectivity index (χ0v) is 24.5. The van der Waals surface area contributed by atoms with Crippen molar-refractivity contribution in [3.63, 3.8) is 0 Å². The van der Waals surface area contributed by atoms with Gasteiger partial charge in [-0.15, -0.1) is 24.5 Å². The lowest BCUT2D eigenvalue weighted by molar-refractivity contribution is -0.275. The first kappa shape index (κ1) is 30.7. The van der Waals surface area contributed by atoms with E-state index >= 15 is 0 Å². The van der Waals surface area contributed by atoms with Crippen molar-refractivity contribution in [1.29, 1.82) is 0 Å². The SMILES string of the molecule is CC(C)(C)NS(=O)(=O)c1ccc(-c2sc(C(=O)NC3CCOCC3)nc2CC2CCCCC2)cc1OC(F)(F)F. The minimum absolute atomic E-state index is 0.0398. The molecule has 0 unspecified atom stereocenters. The van der Waals surface area contributed by atoms with E-state index in [0.29, 0.717) is 54.5 Å². The van der Waals surface area contributed by atoms with Crippen LogP contribution in [0.15, 0.2) is 23.1 Å². The summed E-state index contributed by atoms with van der Waals surface area (Å²) in [6.45, 7) is 5.88. The van der Waals surface area contributed by atoms with E-state index in [1.54, 1.807) is 20.8 Å². The Morgan fingerprint density at radius 3 is 2.40 bits per heavy atom. The third-order valence-electron chi connectivity index (χ3n) is 6.82.